The quantitative estimate of drug-likeness (QED) is 0.693. The van der Waals surface area contributed by atoms with E-state index in [1.54, 1.807) is 39.2 Å². The van der Waals surface area contributed by atoms with E-state index in [1.807, 2.05) is 18.2 Å². The van der Waals surface area contributed by atoms with Gasteiger partial charge in [-0.15, -0.1) is 0 Å². The minimum atomic E-state index is -3.62. The average molecular weight is 413 g/mol. The molecule has 3 aromatic rings. The normalized spacial score (nSPS) is 11.7. The second kappa shape index (κ2) is 7.81. The molecule has 0 aliphatic carbocycles. The predicted molar refractivity (Wildman–Crippen MR) is 113 cm³/mol. The molecule has 0 aliphatic rings. The van der Waals surface area contributed by atoms with Crippen molar-refractivity contribution in [1.29, 1.82) is 0 Å². The number of hydrogen-bond donors (Lipinski definition) is 1. The third kappa shape index (κ3) is 3.94. The van der Waals surface area contributed by atoms with Crippen LogP contribution in [0.4, 0.5) is 5.69 Å². The van der Waals surface area contributed by atoms with E-state index < -0.39 is 10.0 Å². The van der Waals surface area contributed by atoms with Crippen LogP contribution in [0.25, 0.3) is 10.9 Å². The van der Waals surface area contributed by atoms with Gasteiger partial charge in [0.1, 0.15) is 11.3 Å². The molecule has 0 saturated carbocycles. The summed E-state index contributed by atoms with van der Waals surface area (Å²) < 4.78 is 31.5. The number of ether oxygens (including phenoxy) is 1. The SMILES string of the molecule is COc1cccc2cc(C(=O)Nc3ccc(C)c(S(=O)(=O)N(C)C)c3)c(C)nc12. The van der Waals surface area contributed by atoms with Crippen LogP contribution in [-0.4, -0.2) is 44.8 Å². The number of fused-ring (bicyclic) bond motifs is 1. The Kier molecular flexibility index (Phi) is 5.59. The fourth-order valence-corrected chi connectivity index (χ4v) is 4.15. The third-order valence-electron chi connectivity index (χ3n) is 4.67. The molecular weight excluding hydrogens is 390 g/mol. The maximum Gasteiger partial charge on any atom is 0.257 e. The first-order valence-electron chi connectivity index (χ1n) is 8.94. The number of pyridine rings is 1. The highest BCUT2D eigenvalue weighted by Gasteiger charge is 2.21. The Bertz CT molecular complexity index is 1200. The van der Waals surface area contributed by atoms with Crippen molar-refractivity contribution in [3.63, 3.8) is 0 Å². The molecule has 152 valence electrons. The van der Waals surface area contributed by atoms with Gasteiger partial charge in [-0.1, -0.05) is 18.2 Å². The van der Waals surface area contributed by atoms with Crippen LogP contribution in [0.1, 0.15) is 21.6 Å². The summed E-state index contributed by atoms with van der Waals surface area (Å²) in [5.41, 5.74) is 2.63. The molecule has 0 fully saturated rings. The highest BCUT2D eigenvalue weighted by molar-refractivity contribution is 7.89. The summed E-state index contributed by atoms with van der Waals surface area (Å²) >= 11 is 0. The number of methoxy groups -OCH3 is 1. The first-order chi connectivity index (χ1) is 13.6. The lowest BCUT2D eigenvalue weighted by atomic mass is 10.1. The summed E-state index contributed by atoms with van der Waals surface area (Å²) in [5.74, 6) is 0.270. The third-order valence-corrected chi connectivity index (χ3v) is 6.63. The van der Waals surface area contributed by atoms with Gasteiger partial charge in [0.05, 0.1) is 23.3 Å². The molecule has 0 spiro atoms. The van der Waals surface area contributed by atoms with Crippen molar-refractivity contribution >= 4 is 32.5 Å². The number of carbonyl (C=O) groups is 1. The molecule has 1 amide bonds. The zero-order valence-electron chi connectivity index (χ0n) is 17.0. The molecule has 0 unspecified atom stereocenters. The summed E-state index contributed by atoms with van der Waals surface area (Å²) in [5, 5.41) is 3.56. The van der Waals surface area contributed by atoms with Crippen molar-refractivity contribution in [2.45, 2.75) is 18.7 Å². The van der Waals surface area contributed by atoms with E-state index in [-0.39, 0.29) is 10.8 Å². The maximum atomic E-state index is 12.9. The number of aromatic nitrogens is 1. The van der Waals surface area contributed by atoms with E-state index in [0.29, 0.717) is 33.8 Å². The molecule has 0 atom stereocenters. The standard InChI is InChI=1S/C21H23N3O4S/c1-13-9-10-16(12-19(13)29(26,27)24(3)4)23-21(25)17-11-15-7-6-8-18(28-5)20(15)22-14(17)2/h6-12H,1-5H3,(H,23,25). The zero-order valence-corrected chi connectivity index (χ0v) is 17.8. The monoisotopic (exact) mass is 413 g/mol. The molecule has 3 rings (SSSR count). The highest BCUT2D eigenvalue weighted by Crippen LogP contribution is 2.27. The van der Waals surface area contributed by atoms with Gasteiger partial charge in [0.15, 0.2) is 0 Å². The number of benzene rings is 2. The van der Waals surface area contributed by atoms with Crippen LogP contribution in [0, 0.1) is 13.8 Å². The first kappa shape index (κ1) is 20.8. The molecule has 0 radical (unpaired) electrons. The van der Waals surface area contributed by atoms with Crippen molar-refractivity contribution in [2.75, 3.05) is 26.5 Å². The van der Waals surface area contributed by atoms with Gasteiger partial charge in [-0.3, -0.25) is 4.79 Å². The van der Waals surface area contributed by atoms with E-state index >= 15 is 0 Å². The minimum absolute atomic E-state index is 0.151. The van der Waals surface area contributed by atoms with Crippen LogP contribution in [0.2, 0.25) is 0 Å². The number of carbonyl (C=O) groups excluding carboxylic acids is 1. The molecule has 8 heteroatoms. The highest BCUT2D eigenvalue weighted by atomic mass is 32.2. The Morgan fingerprint density at radius 3 is 2.48 bits per heavy atom. The number of nitrogens with zero attached hydrogens (tertiary/aromatic N) is 2. The number of sulfonamides is 1. The summed E-state index contributed by atoms with van der Waals surface area (Å²) in [6, 6.07) is 12.1. The Balaban J connectivity index is 1.98. The first-order valence-corrected chi connectivity index (χ1v) is 10.4. The molecule has 0 aliphatic heterocycles. The predicted octanol–water partition coefficient (Wildman–Crippen LogP) is 3.36. The van der Waals surface area contributed by atoms with Gasteiger partial charge in [-0.05, 0) is 43.7 Å². The average Bonchev–Trinajstić information content (AvgIpc) is 2.68. The molecule has 29 heavy (non-hydrogen) atoms. The van der Waals surface area contributed by atoms with Crippen molar-refractivity contribution in [1.82, 2.24) is 9.29 Å². The Labute approximate surface area is 170 Å². The number of para-hydroxylation sites is 1. The summed E-state index contributed by atoms with van der Waals surface area (Å²) in [6.07, 6.45) is 0. The Morgan fingerprint density at radius 1 is 1.10 bits per heavy atom. The lowest BCUT2D eigenvalue weighted by Crippen LogP contribution is -2.23. The van der Waals surface area contributed by atoms with Gasteiger partial charge in [0.25, 0.3) is 5.91 Å². The fourth-order valence-electron chi connectivity index (χ4n) is 3.01. The smallest absolute Gasteiger partial charge is 0.257 e. The fraction of sp³-hybridized carbons (Fsp3) is 0.238. The van der Waals surface area contributed by atoms with Crippen LogP contribution >= 0.6 is 0 Å². The van der Waals surface area contributed by atoms with Gasteiger partial charge >= 0.3 is 0 Å². The van der Waals surface area contributed by atoms with Crippen LogP contribution in [-0.2, 0) is 10.0 Å². The van der Waals surface area contributed by atoms with Crippen molar-refractivity contribution in [2.24, 2.45) is 0 Å². The Morgan fingerprint density at radius 2 is 1.83 bits per heavy atom. The summed E-state index contributed by atoms with van der Waals surface area (Å²) in [4.78, 5) is 17.5. The van der Waals surface area contributed by atoms with Crippen LogP contribution < -0.4 is 10.1 Å². The molecule has 1 aromatic heterocycles. The lowest BCUT2D eigenvalue weighted by Gasteiger charge is -2.15. The number of amides is 1. The number of rotatable bonds is 5. The lowest BCUT2D eigenvalue weighted by molar-refractivity contribution is 0.102. The van der Waals surface area contributed by atoms with Gasteiger partial charge in [-0.2, -0.15) is 0 Å². The van der Waals surface area contributed by atoms with Crippen molar-refractivity contribution in [3.8, 4) is 5.75 Å². The van der Waals surface area contributed by atoms with Gasteiger partial charge in [0, 0.05) is 25.2 Å². The molecule has 1 heterocycles. The van der Waals surface area contributed by atoms with Crippen LogP contribution in [0.15, 0.2) is 47.4 Å². The van der Waals surface area contributed by atoms with Crippen LogP contribution in [0.3, 0.4) is 0 Å². The molecular formula is C21H23N3O4S. The molecule has 1 N–H and O–H groups in total. The molecule has 0 saturated heterocycles. The Hall–Kier alpha value is -2.97. The van der Waals surface area contributed by atoms with Gasteiger partial charge in [0.2, 0.25) is 10.0 Å². The van der Waals surface area contributed by atoms with Crippen molar-refractivity contribution < 1.29 is 17.9 Å². The van der Waals surface area contributed by atoms with Crippen LogP contribution in [0.5, 0.6) is 5.75 Å². The minimum Gasteiger partial charge on any atom is -0.494 e. The van der Waals surface area contributed by atoms with E-state index in [1.165, 1.54) is 20.2 Å². The number of nitrogens with one attached hydrogen (secondary N) is 1. The van der Waals surface area contributed by atoms with E-state index in [9.17, 15) is 13.2 Å². The van der Waals surface area contributed by atoms with Gasteiger partial charge < -0.3 is 10.1 Å². The summed E-state index contributed by atoms with van der Waals surface area (Å²) in [6.45, 7) is 3.46. The number of aryl methyl sites for hydroxylation is 2. The topological polar surface area (TPSA) is 88.6 Å². The van der Waals surface area contributed by atoms with Gasteiger partial charge in [-0.25, -0.2) is 17.7 Å². The van der Waals surface area contributed by atoms with E-state index in [0.717, 1.165) is 9.69 Å². The van der Waals surface area contributed by atoms with E-state index in [4.69, 9.17) is 4.74 Å². The largest absolute Gasteiger partial charge is 0.494 e. The number of anilines is 1. The maximum absolute atomic E-state index is 12.9. The van der Waals surface area contributed by atoms with Crippen molar-refractivity contribution in [3.05, 3.63) is 59.3 Å². The molecule has 0 bridgehead atoms. The second-order valence-corrected chi connectivity index (χ2v) is 9.00. The number of hydrogen-bond acceptors (Lipinski definition) is 5. The second-order valence-electron chi connectivity index (χ2n) is 6.88. The molecule has 2 aromatic carbocycles. The molecule has 7 nitrogen and oxygen atoms in total. The zero-order chi connectivity index (χ0) is 21.3. The van der Waals surface area contributed by atoms with E-state index in [2.05, 4.69) is 10.3 Å². The summed E-state index contributed by atoms with van der Waals surface area (Å²) in [7, 11) is 0.894.